The van der Waals surface area contributed by atoms with E-state index < -0.39 is 0 Å². The highest BCUT2D eigenvalue weighted by Gasteiger charge is 2.56. The lowest BCUT2D eigenvalue weighted by Gasteiger charge is -2.53. The van der Waals surface area contributed by atoms with Gasteiger partial charge in [0.15, 0.2) is 0 Å². The first-order valence-electron chi connectivity index (χ1n) is 38.0. The number of benzene rings is 11. The predicted molar refractivity (Wildman–Crippen MR) is 455 cm³/mol. The van der Waals surface area contributed by atoms with Gasteiger partial charge in [-0.3, -0.25) is 0 Å². The van der Waals surface area contributed by atoms with Crippen LogP contribution in [0.1, 0.15) is 162 Å². The van der Waals surface area contributed by atoms with Gasteiger partial charge in [0, 0.05) is 49.4 Å². The zero-order valence-electron chi connectivity index (χ0n) is 64.4. The fourth-order valence-electron chi connectivity index (χ4n) is 18.5. The molecule has 7 nitrogen and oxygen atoms in total. The fraction of sp³-hybridized carbons (Fsp3) is 0.263. The van der Waals surface area contributed by atoms with Gasteiger partial charge in [-0.15, -0.1) is 11.3 Å². The summed E-state index contributed by atoms with van der Waals surface area (Å²) >= 11 is 2.04. The Morgan fingerprint density at radius 2 is 0.733 bits per heavy atom. The minimum absolute atomic E-state index is 0.123. The molecule has 0 atom stereocenters. The molecule has 7 aliphatic heterocycles. The number of hydrogen-bond donors (Lipinski definition) is 2. The van der Waals surface area contributed by atoms with Crippen molar-refractivity contribution in [2.75, 3.05) is 35.1 Å². The molecule has 0 aliphatic carbocycles. The van der Waals surface area contributed by atoms with E-state index in [1.807, 2.05) is 11.3 Å². The van der Waals surface area contributed by atoms with Crippen molar-refractivity contribution in [3.8, 4) is 22.3 Å². The number of hydrogen-bond acceptors (Lipinski definition) is 8. The molecule has 0 amide bonds. The molecule has 12 aromatic rings. The quantitative estimate of drug-likeness (QED) is 0.166. The van der Waals surface area contributed by atoms with Crippen molar-refractivity contribution < 1.29 is 0 Å². The average Bonchev–Trinajstić information content (AvgIpc) is 1.58. The molecule has 0 saturated heterocycles. The van der Waals surface area contributed by atoms with Crippen molar-refractivity contribution in [2.24, 2.45) is 0 Å². The van der Waals surface area contributed by atoms with Gasteiger partial charge in [-0.1, -0.05) is 264 Å². The molecule has 11 aromatic carbocycles. The molecule has 0 fully saturated rings. The molecule has 0 saturated carbocycles. The van der Waals surface area contributed by atoms with Crippen LogP contribution in [0.15, 0.2) is 206 Å². The highest BCUT2D eigenvalue weighted by Crippen LogP contribution is 2.67. The third-order valence-electron chi connectivity index (χ3n) is 23.4. The molecule has 8 heterocycles. The molecule has 7 aliphatic rings. The van der Waals surface area contributed by atoms with E-state index >= 15 is 0 Å². The summed E-state index contributed by atoms with van der Waals surface area (Å²) in [5.41, 5.74) is 40.6. The Morgan fingerprint density at radius 1 is 0.314 bits per heavy atom. The normalized spacial score (nSPS) is 14.7. The second-order valence-electron chi connectivity index (χ2n) is 36.9. The van der Waals surface area contributed by atoms with Crippen LogP contribution in [0.2, 0.25) is 0 Å². The van der Waals surface area contributed by atoms with E-state index in [2.05, 4.69) is 373 Å². The largest absolute Gasteiger partial charge is 0.352 e. The molecular formula is C95H93B2N7S. The molecule has 0 unspecified atom stereocenters. The minimum atomic E-state index is -0.283. The Balaban J connectivity index is 0.985. The summed E-state index contributed by atoms with van der Waals surface area (Å²) in [5, 5.41) is 8.68. The lowest BCUT2D eigenvalue weighted by Crippen LogP contribution is -2.66. The van der Waals surface area contributed by atoms with Crippen LogP contribution in [0.25, 0.3) is 22.3 Å². The number of fused-ring (bicyclic) bond motifs is 15. The summed E-state index contributed by atoms with van der Waals surface area (Å²) in [7, 11) is 0. The number of nitrogens with one attached hydrogen (secondary N) is 2. The second-order valence-corrected chi connectivity index (χ2v) is 38.0. The van der Waals surface area contributed by atoms with Crippen LogP contribution in [0.4, 0.5) is 108 Å². The smallest absolute Gasteiger partial charge is 0.252 e. The lowest BCUT2D eigenvalue weighted by molar-refractivity contribution is 0.569. The van der Waals surface area contributed by atoms with Gasteiger partial charge in [-0.05, 0) is 183 Å². The third kappa shape index (κ3) is 9.56. The fourth-order valence-corrected chi connectivity index (χ4v) is 19.9. The van der Waals surface area contributed by atoms with Gasteiger partial charge in [-0.25, -0.2) is 0 Å². The van der Waals surface area contributed by atoms with E-state index in [4.69, 9.17) is 0 Å². The van der Waals surface area contributed by atoms with Crippen LogP contribution in [0, 0.1) is 6.92 Å². The standard InChI is InChI=1S/C95H93B2N7S/c1-54-44-71-77-72(45-54)103-84-67(96(77)66-41-40-63(56-34-26-21-27-35-56)79-83(66)102(71)76-51-59(91(5,6)7)49-65(81(76)99-79)93(11,12)13)42-43-68-85(84)104(87-86(103)88(94(14,15)16)105-89(87)95(17,18)19)74-53-62(100(60-36-28-22-29-37-60)61-38-30-23-31-39-61)52-73-78(74)97(68)69-46-57(55-32-24-20-25-33-55)47-70-82(69)101(73)75-50-58(90(2,3)4)48-64(80(75)98-70)92(8,9)10/h20-53,98-99H,1-19H3. The minimum Gasteiger partial charge on any atom is -0.352 e. The predicted octanol–water partition coefficient (Wildman–Crippen LogP) is 23.2. The Bertz CT molecular complexity index is 5680. The van der Waals surface area contributed by atoms with E-state index in [1.165, 1.54) is 167 Å². The van der Waals surface area contributed by atoms with Gasteiger partial charge in [0.2, 0.25) is 0 Å². The average molecular weight is 1390 g/mol. The molecule has 10 heteroatoms. The number of thiophene rings is 1. The topological polar surface area (TPSA) is 40.3 Å². The molecule has 0 bridgehead atoms. The first kappa shape index (κ1) is 65.6. The van der Waals surface area contributed by atoms with Gasteiger partial charge in [0.1, 0.15) is 0 Å². The Morgan fingerprint density at radius 3 is 1.22 bits per heavy atom. The van der Waals surface area contributed by atoms with Crippen molar-refractivity contribution in [1.82, 2.24) is 0 Å². The molecule has 520 valence electrons. The van der Waals surface area contributed by atoms with Gasteiger partial charge in [0.25, 0.3) is 13.4 Å². The molecule has 0 radical (unpaired) electrons. The van der Waals surface area contributed by atoms with Crippen molar-refractivity contribution in [3.63, 3.8) is 0 Å². The highest BCUT2D eigenvalue weighted by molar-refractivity contribution is 7.14. The number of anilines is 19. The Hall–Kier alpha value is -10.2. The van der Waals surface area contributed by atoms with E-state index in [9.17, 15) is 0 Å². The molecule has 1 aromatic heterocycles. The third-order valence-corrected chi connectivity index (χ3v) is 25.4. The van der Waals surface area contributed by atoms with Gasteiger partial charge >= 0.3 is 0 Å². The summed E-state index contributed by atoms with van der Waals surface area (Å²) in [6.45, 7) is 45.3. The first-order valence-corrected chi connectivity index (χ1v) is 38.8. The summed E-state index contributed by atoms with van der Waals surface area (Å²) in [4.78, 5) is 16.4. The SMILES string of the molecule is Cc1cc2c3c(c1)N1c4c(ccc5c4N(c4cc(N(c6ccccc6)c6ccccc6)cc6c4B5c4cc(-c5ccccc5)cc5c4N6c4cc(C(C)(C)C)cc(C(C)(C)C)c4N5)c4c(C(C)(C)C)sc(C(C)(C)C)c41)B3c1ccc(-c3ccccc3)c3c1N2c1cc(C(C)(C)C)cc(C(C)(C)C)c1N3. The van der Waals surface area contributed by atoms with E-state index in [-0.39, 0.29) is 45.9 Å². The Kier molecular flexibility index (Phi) is 13.7. The number of aryl methyl sites for hydroxylation is 1. The zero-order chi connectivity index (χ0) is 73.0. The van der Waals surface area contributed by atoms with Crippen molar-refractivity contribution in [1.29, 1.82) is 0 Å². The van der Waals surface area contributed by atoms with Gasteiger partial charge < -0.3 is 35.1 Å². The van der Waals surface area contributed by atoms with Crippen LogP contribution in [-0.4, -0.2) is 13.4 Å². The van der Waals surface area contributed by atoms with E-state index in [0.717, 1.165) is 34.1 Å². The highest BCUT2D eigenvalue weighted by atomic mass is 32.1. The van der Waals surface area contributed by atoms with E-state index in [0.29, 0.717) is 0 Å². The summed E-state index contributed by atoms with van der Waals surface area (Å²) in [6.07, 6.45) is 0. The van der Waals surface area contributed by atoms with Crippen molar-refractivity contribution in [3.05, 3.63) is 244 Å². The van der Waals surface area contributed by atoms with Crippen LogP contribution in [-0.2, 0) is 32.5 Å². The Labute approximate surface area is 626 Å². The first-order chi connectivity index (χ1) is 49.8. The summed E-state index contributed by atoms with van der Waals surface area (Å²) < 4.78 is 0. The van der Waals surface area contributed by atoms with Crippen LogP contribution in [0.3, 0.4) is 0 Å². The molecule has 2 N–H and O–H groups in total. The maximum absolute atomic E-state index is 4.35. The molecule has 105 heavy (non-hydrogen) atoms. The maximum atomic E-state index is 4.35. The lowest BCUT2D eigenvalue weighted by atomic mass is 9.30. The van der Waals surface area contributed by atoms with E-state index in [1.54, 1.807) is 0 Å². The summed E-state index contributed by atoms with van der Waals surface area (Å²) in [6, 6.07) is 79.9. The molecule has 19 rings (SSSR count). The van der Waals surface area contributed by atoms with Gasteiger partial charge in [-0.2, -0.15) is 0 Å². The second kappa shape index (κ2) is 22.0. The van der Waals surface area contributed by atoms with Crippen LogP contribution < -0.4 is 67.9 Å². The number of nitrogens with zero attached hydrogens (tertiary/aromatic N) is 5. The summed E-state index contributed by atoms with van der Waals surface area (Å²) in [5.74, 6) is 0. The molecular weight excluding hydrogens is 1290 g/mol. The zero-order valence-corrected chi connectivity index (χ0v) is 65.2. The monoisotopic (exact) mass is 1390 g/mol. The maximum Gasteiger partial charge on any atom is 0.252 e. The van der Waals surface area contributed by atoms with Crippen LogP contribution in [0.5, 0.6) is 0 Å². The van der Waals surface area contributed by atoms with Crippen LogP contribution >= 0.6 is 11.3 Å². The van der Waals surface area contributed by atoms with Gasteiger partial charge in [0.05, 0.1) is 73.9 Å². The molecule has 0 spiro atoms. The van der Waals surface area contributed by atoms with Crippen molar-refractivity contribution in [2.45, 2.75) is 164 Å². The number of para-hydroxylation sites is 2. The number of rotatable bonds is 5. The van der Waals surface area contributed by atoms with Crippen molar-refractivity contribution >= 4 is 166 Å².